The monoisotopic (exact) mass is 374 g/mol. The summed E-state index contributed by atoms with van der Waals surface area (Å²) in [5.41, 5.74) is 1.26. The highest BCUT2D eigenvalue weighted by Crippen LogP contribution is 2.11. The van der Waals surface area contributed by atoms with Crippen molar-refractivity contribution in [1.29, 1.82) is 5.26 Å². The Labute approximate surface area is 158 Å². The highest BCUT2D eigenvalue weighted by atomic mass is 32.1. The second-order valence-corrected chi connectivity index (χ2v) is 6.90. The van der Waals surface area contributed by atoms with Gasteiger partial charge in [0.05, 0.1) is 18.2 Å². The lowest BCUT2D eigenvalue weighted by molar-refractivity contribution is -0.141. The summed E-state index contributed by atoms with van der Waals surface area (Å²) < 4.78 is 4.87. The number of hydrogen-bond acceptors (Lipinski definition) is 5. The van der Waals surface area contributed by atoms with E-state index in [-0.39, 0.29) is 11.8 Å². The van der Waals surface area contributed by atoms with Gasteiger partial charge in [0.15, 0.2) is 5.11 Å². The largest absolute Gasteiger partial charge is 0.464 e. The number of hydrogen-bond donors (Lipinski definition) is 3. The molecule has 0 saturated carbocycles. The maximum absolute atomic E-state index is 12.5. The van der Waals surface area contributed by atoms with Crippen molar-refractivity contribution in [3.8, 4) is 6.07 Å². The summed E-state index contributed by atoms with van der Waals surface area (Å²) >= 11 is 5.29. The van der Waals surface area contributed by atoms with Crippen molar-refractivity contribution < 1.29 is 14.3 Å². The Balaban J connectivity index is 1.96. The molecule has 0 aliphatic carbocycles. The van der Waals surface area contributed by atoms with E-state index in [2.05, 4.69) is 16.0 Å². The summed E-state index contributed by atoms with van der Waals surface area (Å²) in [6.45, 7) is 4.33. The Morgan fingerprint density at radius 2 is 2.08 bits per heavy atom. The third kappa shape index (κ3) is 5.70. The first kappa shape index (κ1) is 19.7. The molecule has 138 valence electrons. The number of ether oxygens (including phenoxy) is 1. The molecule has 7 nitrogen and oxygen atoms in total. The number of amides is 1. The Morgan fingerprint density at radius 3 is 2.62 bits per heavy atom. The number of cyclic esters (lactones) is 1. The van der Waals surface area contributed by atoms with E-state index in [4.69, 9.17) is 22.2 Å². The molecular formula is C18H22N4O3S. The minimum atomic E-state index is -0.598. The standard InChI is InChI=1S/C18H22N4O3S/c1-11(2)9-15(16(23)21-14-7-8-25-17(14)24)22-18(26)20-13-5-3-12(10-19)4-6-13/h3-6,11,14-15H,7-9H2,1-2H3,(H,21,23)(H2,20,22,26)/t14-,15-/m0/s1. The minimum absolute atomic E-state index is 0.256. The van der Waals surface area contributed by atoms with Crippen molar-refractivity contribution in [2.75, 3.05) is 11.9 Å². The number of nitrogens with zero attached hydrogens (tertiary/aromatic N) is 1. The number of thiocarbonyl (C=S) groups is 1. The molecule has 1 aromatic carbocycles. The first-order valence-electron chi connectivity index (χ1n) is 8.43. The van der Waals surface area contributed by atoms with E-state index in [1.54, 1.807) is 24.3 Å². The third-order valence-corrected chi connectivity index (χ3v) is 4.07. The van der Waals surface area contributed by atoms with Gasteiger partial charge in [-0.3, -0.25) is 4.79 Å². The Bertz CT molecular complexity index is 712. The first-order valence-corrected chi connectivity index (χ1v) is 8.84. The number of benzene rings is 1. The summed E-state index contributed by atoms with van der Waals surface area (Å²) in [5.74, 6) is -0.432. The van der Waals surface area contributed by atoms with Gasteiger partial charge in [-0.1, -0.05) is 13.8 Å². The van der Waals surface area contributed by atoms with E-state index in [0.717, 1.165) is 0 Å². The molecule has 0 aromatic heterocycles. The van der Waals surface area contributed by atoms with Crippen LogP contribution in [0.1, 0.15) is 32.3 Å². The van der Waals surface area contributed by atoms with Gasteiger partial charge < -0.3 is 20.7 Å². The van der Waals surface area contributed by atoms with Crippen LogP contribution in [0.2, 0.25) is 0 Å². The zero-order chi connectivity index (χ0) is 19.1. The molecule has 2 atom stereocenters. The quantitative estimate of drug-likeness (QED) is 0.514. The predicted octanol–water partition coefficient (Wildman–Crippen LogP) is 1.69. The summed E-state index contributed by atoms with van der Waals surface area (Å²) in [7, 11) is 0. The van der Waals surface area contributed by atoms with Gasteiger partial charge >= 0.3 is 5.97 Å². The fraction of sp³-hybridized carbons (Fsp3) is 0.444. The Kier molecular flexibility index (Phi) is 6.92. The van der Waals surface area contributed by atoms with Crippen LogP contribution in [0.3, 0.4) is 0 Å². The lowest BCUT2D eigenvalue weighted by Crippen LogP contribution is -2.52. The molecule has 26 heavy (non-hydrogen) atoms. The van der Waals surface area contributed by atoms with Gasteiger partial charge in [0, 0.05) is 12.1 Å². The molecule has 1 heterocycles. The molecule has 0 spiro atoms. The summed E-state index contributed by atoms with van der Waals surface area (Å²) in [5, 5.41) is 17.8. The molecule has 2 rings (SSSR count). The van der Waals surface area contributed by atoms with Crippen molar-refractivity contribution >= 4 is 34.9 Å². The summed E-state index contributed by atoms with van der Waals surface area (Å²) in [6.07, 6.45) is 1.04. The first-order chi connectivity index (χ1) is 12.4. The highest BCUT2D eigenvalue weighted by molar-refractivity contribution is 7.80. The minimum Gasteiger partial charge on any atom is -0.464 e. The molecule has 1 amide bonds. The lowest BCUT2D eigenvalue weighted by atomic mass is 10.0. The van der Waals surface area contributed by atoms with Crippen molar-refractivity contribution in [2.45, 2.75) is 38.8 Å². The number of carbonyl (C=O) groups excluding carboxylic acids is 2. The average molecular weight is 374 g/mol. The summed E-state index contributed by atoms with van der Waals surface area (Å²) in [4.78, 5) is 24.1. The van der Waals surface area contributed by atoms with Crippen LogP contribution >= 0.6 is 12.2 Å². The van der Waals surface area contributed by atoms with Gasteiger partial charge in [-0.25, -0.2) is 4.79 Å². The molecule has 0 radical (unpaired) electrons. The van der Waals surface area contributed by atoms with Crippen LogP contribution in [0.5, 0.6) is 0 Å². The second kappa shape index (κ2) is 9.15. The van der Waals surface area contributed by atoms with Gasteiger partial charge in [-0.2, -0.15) is 5.26 Å². The van der Waals surface area contributed by atoms with E-state index in [1.807, 2.05) is 19.9 Å². The van der Waals surface area contributed by atoms with Gasteiger partial charge in [0.25, 0.3) is 0 Å². The van der Waals surface area contributed by atoms with Gasteiger partial charge in [-0.15, -0.1) is 0 Å². The maximum Gasteiger partial charge on any atom is 0.328 e. The van der Waals surface area contributed by atoms with Crippen molar-refractivity contribution in [1.82, 2.24) is 10.6 Å². The van der Waals surface area contributed by atoms with Crippen LogP contribution in [0, 0.1) is 17.2 Å². The van der Waals surface area contributed by atoms with Gasteiger partial charge in [0.2, 0.25) is 5.91 Å². The zero-order valence-corrected chi connectivity index (χ0v) is 15.6. The fourth-order valence-electron chi connectivity index (χ4n) is 2.56. The predicted molar refractivity (Wildman–Crippen MR) is 101 cm³/mol. The second-order valence-electron chi connectivity index (χ2n) is 6.49. The maximum atomic E-state index is 12.5. The van der Waals surface area contributed by atoms with Crippen LogP contribution in [0.15, 0.2) is 24.3 Å². The van der Waals surface area contributed by atoms with Gasteiger partial charge in [-0.05, 0) is 48.8 Å². The molecule has 3 N–H and O–H groups in total. The highest BCUT2D eigenvalue weighted by Gasteiger charge is 2.31. The van der Waals surface area contributed by atoms with Crippen LogP contribution in [-0.2, 0) is 14.3 Å². The van der Waals surface area contributed by atoms with Crippen molar-refractivity contribution in [3.63, 3.8) is 0 Å². The van der Waals surface area contributed by atoms with Crippen LogP contribution in [-0.4, -0.2) is 35.7 Å². The molecule has 1 saturated heterocycles. The molecule has 1 aliphatic heterocycles. The van der Waals surface area contributed by atoms with E-state index in [0.29, 0.717) is 35.8 Å². The number of rotatable bonds is 6. The van der Waals surface area contributed by atoms with Gasteiger partial charge in [0.1, 0.15) is 12.1 Å². The van der Waals surface area contributed by atoms with Crippen LogP contribution in [0.4, 0.5) is 5.69 Å². The third-order valence-electron chi connectivity index (χ3n) is 3.85. The van der Waals surface area contributed by atoms with E-state index in [1.165, 1.54) is 0 Å². The van der Waals surface area contributed by atoms with E-state index >= 15 is 0 Å². The number of anilines is 1. The SMILES string of the molecule is CC(C)C[C@H](NC(=S)Nc1ccc(C#N)cc1)C(=O)N[C@H]1CCOC1=O. The Morgan fingerprint density at radius 1 is 1.38 bits per heavy atom. The smallest absolute Gasteiger partial charge is 0.328 e. The van der Waals surface area contributed by atoms with Crippen LogP contribution < -0.4 is 16.0 Å². The summed E-state index contributed by atoms with van der Waals surface area (Å²) in [6, 6.07) is 7.70. The molecule has 1 aliphatic rings. The number of nitriles is 1. The molecule has 0 bridgehead atoms. The number of nitrogens with one attached hydrogen (secondary N) is 3. The van der Waals surface area contributed by atoms with Crippen molar-refractivity contribution in [2.24, 2.45) is 5.92 Å². The average Bonchev–Trinajstić information content (AvgIpc) is 2.99. The van der Waals surface area contributed by atoms with E-state index in [9.17, 15) is 9.59 Å². The number of carbonyl (C=O) groups is 2. The van der Waals surface area contributed by atoms with Crippen molar-refractivity contribution in [3.05, 3.63) is 29.8 Å². The van der Waals surface area contributed by atoms with E-state index < -0.39 is 18.1 Å². The topological polar surface area (TPSA) is 103 Å². The molecule has 1 fully saturated rings. The molecule has 0 unspecified atom stereocenters. The zero-order valence-electron chi connectivity index (χ0n) is 14.7. The molecule has 1 aromatic rings. The fourth-order valence-corrected chi connectivity index (χ4v) is 2.82. The molecular weight excluding hydrogens is 352 g/mol. The normalized spacial score (nSPS) is 17.2. The lowest BCUT2D eigenvalue weighted by Gasteiger charge is -2.23. The Hall–Kier alpha value is -2.66. The molecule has 8 heteroatoms. The van der Waals surface area contributed by atoms with Crippen LogP contribution in [0.25, 0.3) is 0 Å². The number of esters is 1.